The second-order valence-electron chi connectivity index (χ2n) is 3.68. The van der Waals surface area contributed by atoms with E-state index in [4.69, 9.17) is 5.73 Å². The van der Waals surface area contributed by atoms with Crippen molar-refractivity contribution in [3.63, 3.8) is 0 Å². The van der Waals surface area contributed by atoms with E-state index in [-0.39, 0.29) is 17.4 Å². The fraction of sp³-hybridized carbons (Fsp3) is 0.400. The first-order valence-electron chi connectivity index (χ1n) is 5.28. The van der Waals surface area contributed by atoms with Crippen LogP contribution < -0.4 is 16.0 Å². The molecule has 0 spiro atoms. The minimum absolute atomic E-state index is 0.0864. The average molecular weight is 253 g/mol. The van der Waals surface area contributed by atoms with E-state index in [0.29, 0.717) is 18.8 Å². The molecule has 18 heavy (non-hydrogen) atoms. The molecule has 98 valence electrons. The summed E-state index contributed by atoms with van der Waals surface area (Å²) in [6, 6.07) is 2.80. The molecule has 0 bridgehead atoms. The van der Waals surface area contributed by atoms with Crippen LogP contribution in [0.4, 0.5) is 17.3 Å². The molecule has 0 aliphatic heterocycles. The van der Waals surface area contributed by atoms with Crippen molar-refractivity contribution in [2.45, 2.75) is 6.42 Å². The molecule has 3 N–H and O–H groups in total. The maximum atomic E-state index is 11.1. The summed E-state index contributed by atoms with van der Waals surface area (Å²) in [6.45, 7) is 0.448. The molecule has 1 amide bonds. The van der Waals surface area contributed by atoms with Crippen LogP contribution in [-0.4, -0.2) is 36.5 Å². The number of carbonyl (C=O) groups excluding carboxylic acids is 1. The van der Waals surface area contributed by atoms with Crippen molar-refractivity contribution in [2.24, 2.45) is 0 Å². The smallest absolute Gasteiger partial charge is 0.311 e. The van der Waals surface area contributed by atoms with Crippen molar-refractivity contribution in [3.05, 3.63) is 22.2 Å². The molecule has 0 atom stereocenters. The lowest BCUT2D eigenvalue weighted by molar-refractivity contribution is -0.384. The van der Waals surface area contributed by atoms with Crippen molar-refractivity contribution in [1.29, 1.82) is 0 Å². The number of anilines is 2. The summed E-state index contributed by atoms with van der Waals surface area (Å²) in [7, 11) is 3.29. The highest BCUT2D eigenvalue weighted by Gasteiger charge is 2.14. The molecule has 0 saturated heterocycles. The fourth-order valence-corrected chi connectivity index (χ4v) is 1.33. The first-order valence-corrected chi connectivity index (χ1v) is 5.28. The highest BCUT2D eigenvalue weighted by atomic mass is 16.6. The number of pyridine rings is 1. The molecule has 8 heteroatoms. The zero-order valence-electron chi connectivity index (χ0n) is 10.2. The van der Waals surface area contributed by atoms with Crippen LogP contribution in [-0.2, 0) is 4.79 Å². The average Bonchev–Trinajstić information content (AvgIpc) is 2.34. The minimum Gasteiger partial charge on any atom is -0.378 e. The summed E-state index contributed by atoms with van der Waals surface area (Å²) >= 11 is 0. The first-order chi connectivity index (χ1) is 8.45. The monoisotopic (exact) mass is 253 g/mol. The number of hydrogen-bond acceptors (Lipinski definition) is 6. The Morgan fingerprint density at radius 2 is 2.28 bits per heavy atom. The van der Waals surface area contributed by atoms with Crippen molar-refractivity contribution in [3.8, 4) is 0 Å². The van der Waals surface area contributed by atoms with Crippen LogP contribution in [0.1, 0.15) is 6.42 Å². The standard InChI is InChI=1S/C10H15N5O3/c1-12-9(16)5-6-14(2)8-4-3-7(15(17)18)10(11)13-8/h3-4H,5-6H2,1-2H3,(H2,11,13)(H,12,16). The highest BCUT2D eigenvalue weighted by molar-refractivity contribution is 5.76. The van der Waals surface area contributed by atoms with Crippen LogP contribution in [0, 0.1) is 10.1 Å². The number of nitrogen functional groups attached to an aromatic ring is 1. The van der Waals surface area contributed by atoms with Gasteiger partial charge in [-0.3, -0.25) is 14.9 Å². The van der Waals surface area contributed by atoms with Gasteiger partial charge < -0.3 is 16.0 Å². The lowest BCUT2D eigenvalue weighted by atomic mass is 10.3. The van der Waals surface area contributed by atoms with Gasteiger partial charge in [0.05, 0.1) is 4.92 Å². The fourth-order valence-electron chi connectivity index (χ4n) is 1.33. The molecule has 0 radical (unpaired) electrons. The van der Waals surface area contributed by atoms with Gasteiger partial charge >= 0.3 is 5.69 Å². The van der Waals surface area contributed by atoms with Crippen LogP contribution in [0.5, 0.6) is 0 Å². The van der Waals surface area contributed by atoms with E-state index in [2.05, 4.69) is 10.3 Å². The molecule has 1 rings (SSSR count). The van der Waals surface area contributed by atoms with Gasteiger partial charge in [0.1, 0.15) is 5.82 Å². The molecule has 0 aliphatic carbocycles. The summed E-state index contributed by atoms with van der Waals surface area (Å²) in [4.78, 5) is 26.7. The Labute approximate surface area is 104 Å². The largest absolute Gasteiger partial charge is 0.378 e. The maximum Gasteiger partial charge on any atom is 0.311 e. The van der Waals surface area contributed by atoms with E-state index < -0.39 is 4.92 Å². The maximum absolute atomic E-state index is 11.1. The normalized spacial score (nSPS) is 9.89. The predicted molar refractivity (Wildman–Crippen MR) is 67.3 cm³/mol. The Bertz CT molecular complexity index is 463. The molecule has 0 aliphatic rings. The summed E-state index contributed by atoms with van der Waals surface area (Å²) in [5.41, 5.74) is 5.26. The van der Waals surface area contributed by atoms with E-state index in [0.717, 1.165) is 0 Å². The van der Waals surface area contributed by atoms with E-state index in [1.807, 2.05) is 0 Å². The molecular formula is C10H15N5O3. The van der Waals surface area contributed by atoms with Crippen LogP contribution in [0.25, 0.3) is 0 Å². The first kappa shape index (κ1) is 13.7. The van der Waals surface area contributed by atoms with E-state index in [9.17, 15) is 14.9 Å². The number of aromatic nitrogens is 1. The van der Waals surface area contributed by atoms with Crippen LogP contribution in [0.3, 0.4) is 0 Å². The van der Waals surface area contributed by atoms with Crippen molar-refractivity contribution >= 4 is 23.2 Å². The van der Waals surface area contributed by atoms with Gasteiger partial charge in [-0.15, -0.1) is 0 Å². The van der Waals surface area contributed by atoms with Gasteiger partial charge in [-0.05, 0) is 6.07 Å². The Morgan fingerprint density at radius 1 is 1.61 bits per heavy atom. The summed E-state index contributed by atoms with van der Waals surface area (Å²) < 4.78 is 0. The SMILES string of the molecule is CNC(=O)CCN(C)c1ccc([N+](=O)[O-])c(N)n1. The van der Waals surface area contributed by atoms with Crippen molar-refractivity contribution < 1.29 is 9.72 Å². The molecule has 0 aromatic carbocycles. The predicted octanol–water partition coefficient (Wildman–Crippen LogP) is 0.144. The topological polar surface area (TPSA) is 114 Å². The number of hydrogen-bond donors (Lipinski definition) is 2. The third kappa shape index (κ3) is 3.30. The summed E-state index contributed by atoms with van der Waals surface area (Å²) in [5, 5.41) is 13.1. The third-order valence-corrected chi connectivity index (χ3v) is 2.43. The van der Waals surface area contributed by atoms with Gasteiger partial charge in [-0.2, -0.15) is 0 Å². The number of nitro groups is 1. The second kappa shape index (κ2) is 5.80. The molecule has 1 aromatic rings. The summed E-state index contributed by atoms with van der Waals surface area (Å²) in [6.07, 6.45) is 0.311. The van der Waals surface area contributed by atoms with E-state index in [1.165, 1.54) is 12.1 Å². The number of carbonyl (C=O) groups is 1. The van der Waals surface area contributed by atoms with Gasteiger partial charge in [0.2, 0.25) is 11.7 Å². The molecule has 0 unspecified atom stereocenters. The van der Waals surface area contributed by atoms with Crippen molar-refractivity contribution in [2.75, 3.05) is 31.3 Å². The minimum atomic E-state index is -0.587. The number of nitrogens with one attached hydrogen (secondary N) is 1. The molecule has 1 heterocycles. The van der Waals surface area contributed by atoms with Crippen molar-refractivity contribution in [1.82, 2.24) is 10.3 Å². The molecule has 0 fully saturated rings. The van der Waals surface area contributed by atoms with E-state index >= 15 is 0 Å². The molecule has 0 saturated carbocycles. The Balaban J connectivity index is 2.75. The zero-order valence-corrected chi connectivity index (χ0v) is 10.2. The Kier molecular flexibility index (Phi) is 4.41. The van der Waals surface area contributed by atoms with Gasteiger partial charge in [0, 0.05) is 33.1 Å². The highest BCUT2D eigenvalue weighted by Crippen LogP contribution is 2.22. The van der Waals surface area contributed by atoms with Gasteiger partial charge in [0.15, 0.2) is 0 Å². The van der Waals surface area contributed by atoms with Gasteiger partial charge in [-0.25, -0.2) is 4.98 Å². The number of nitrogens with two attached hydrogens (primary N) is 1. The Morgan fingerprint density at radius 3 is 2.78 bits per heavy atom. The van der Waals surface area contributed by atoms with Gasteiger partial charge in [-0.1, -0.05) is 0 Å². The third-order valence-electron chi connectivity index (χ3n) is 2.43. The molecule has 8 nitrogen and oxygen atoms in total. The van der Waals surface area contributed by atoms with Gasteiger partial charge in [0.25, 0.3) is 0 Å². The second-order valence-corrected chi connectivity index (χ2v) is 3.68. The lowest BCUT2D eigenvalue weighted by Crippen LogP contribution is -2.27. The zero-order chi connectivity index (χ0) is 13.7. The Hall–Kier alpha value is -2.38. The number of rotatable bonds is 5. The van der Waals surface area contributed by atoms with Crippen LogP contribution >= 0.6 is 0 Å². The number of nitrogens with zero attached hydrogens (tertiary/aromatic N) is 3. The molecular weight excluding hydrogens is 238 g/mol. The summed E-state index contributed by atoms with van der Waals surface area (Å²) in [5.74, 6) is 0.267. The van der Waals surface area contributed by atoms with Crippen LogP contribution in [0.15, 0.2) is 12.1 Å². The van der Waals surface area contributed by atoms with E-state index in [1.54, 1.807) is 19.0 Å². The molecule has 1 aromatic heterocycles. The van der Waals surface area contributed by atoms with Crippen LogP contribution in [0.2, 0.25) is 0 Å². The quantitative estimate of drug-likeness (QED) is 0.570. The number of amides is 1. The lowest BCUT2D eigenvalue weighted by Gasteiger charge is -2.17.